The number of pyridine rings is 1. The number of carbonyl (C=O) groups is 1. The maximum atomic E-state index is 13.2. The number of hydrogen-bond donors (Lipinski definition) is 2. The van der Waals surface area contributed by atoms with Crippen LogP contribution in [0.15, 0.2) is 61.3 Å². The highest BCUT2D eigenvalue weighted by atomic mass is 16.1. The zero-order chi connectivity index (χ0) is 23.2. The number of hydrogen-bond acceptors (Lipinski definition) is 7. The zero-order valence-electron chi connectivity index (χ0n) is 18.8. The molecule has 0 unspecified atom stereocenters. The summed E-state index contributed by atoms with van der Waals surface area (Å²) < 4.78 is 1.98. The normalized spacial score (nSPS) is 11.0. The quantitative estimate of drug-likeness (QED) is 0.384. The van der Waals surface area contributed by atoms with Crippen molar-refractivity contribution in [3.8, 4) is 16.9 Å². The number of carbonyl (C=O) groups excluding carboxylic acids is 1. The SMILES string of the molecule is CCc1nccn1-c1ccncc1CC(=O)c1nc(-c2ccc(CCNC)cc2)cnc1N. The van der Waals surface area contributed by atoms with Crippen LogP contribution in [0.2, 0.25) is 0 Å². The van der Waals surface area contributed by atoms with E-state index in [0.717, 1.165) is 42.0 Å². The number of imidazole rings is 1. The molecular formula is C25H27N7O. The Balaban J connectivity index is 1.60. The van der Waals surface area contributed by atoms with Crippen LogP contribution in [0.25, 0.3) is 16.9 Å². The molecule has 168 valence electrons. The smallest absolute Gasteiger partial charge is 0.189 e. The third-order valence-corrected chi connectivity index (χ3v) is 5.50. The minimum atomic E-state index is -0.208. The Bertz CT molecular complexity index is 1250. The van der Waals surface area contributed by atoms with E-state index in [1.165, 1.54) is 5.56 Å². The van der Waals surface area contributed by atoms with E-state index in [0.29, 0.717) is 5.69 Å². The first-order valence-electron chi connectivity index (χ1n) is 11.0. The van der Waals surface area contributed by atoms with Crippen molar-refractivity contribution >= 4 is 11.6 Å². The lowest BCUT2D eigenvalue weighted by Crippen LogP contribution is -2.14. The Kier molecular flexibility index (Phi) is 6.85. The van der Waals surface area contributed by atoms with Gasteiger partial charge in [0.2, 0.25) is 0 Å². The molecule has 3 N–H and O–H groups in total. The predicted molar refractivity (Wildman–Crippen MR) is 128 cm³/mol. The van der Waals surface area contributed by atoms with E-state index in [2.05, 4.69) is 37.4 Å². The first kappa shape index (κ1) is 22.3. The van der Waals surface area contributed by atoms with Crippen molar-refractivity contribution in [1.82, 2.24) is 29.8 Å². The molecule has 4 rings (SSSR count). The molecular weight excluding hydrogens is 414 g/mol. The highest BCUT2D eigenvalue weighted by Crippen LogP contribution is 2.22. The van der Waals surface area contributed by atoms with Crippen LogP contribution in [0.3, 0.4) is 0 Å². The number of nitrogens with zero attached hydrogens (tertiary/aromatic N) is 5. The first-order valence-corrected chi connectivity index (χ1v) is 11.0. The van der Waals surface area contributed by atoms with Gasteiger partial charge in [0.25, 0.3) is 0 Å². The maximum absolute atomic E-state index is 13.2. The molecule has 0 bridgehead atoms. The molecule has 0 radical (unpaired) electrons. The molecule has 4 aromatic rings. The minimum absolute atomic E-state index is 0.107. The fourth-order valence-electron chi connectivity index (χ4n) is 3.72. The number of likely N-dealkylation sites (N-methyl/N-ethyl adjacent to an activating group) is 1. The molecule has 0 saturated carbocycles. The summed E-state index contributed by atoms with van der Waals surface area (Å²) in [5.41, 5.74) is 10.6. The van der Waals surface area contributed by atoms with Gasteiger partial charge in [0.15, 0.2) is 11.6 Å². The van der Waals surface area contributed by atoms with E-state index in [1.54, 1.807) is 24.8 Å². The number of nitrogen functional groups attached to an aromatic ring is 1. The summed E-state index contributed by atoms with van der Waals surface area (Å²) in [6.07, 6.45) is 10.5. The van der Waals surface area contributed by atoms with Crippen LogP contribution in [0.4, 0.5) is 5.82 Å². The van der Waals surface area contributed by atoms with Gasteiger partial charge in [-0.05, 0) is 31.6 Å². The number of benzene rings is 1. The number of aromatic nitrogens is 5. The lowest BCUT2D eigenvalue weighted by Gasteiger charge is -2.12. The Morgan fingerprint density at radius 3 is 2.67 bits per heavy atom. The molecule has 1 aromatic carbocycles. The monoisotopic (exact) mass is 441 g/mol. The fraction of sp³-hybridized carbons (Fsp3) is 0.240. The highest BCUT2D eigenvalue weighted by molar-refractivity contribution is 6.00. The van der Waals surface area contributed by atoms with Crippen molar-refractivity contribution in [1.29, 1.82) is 0 Å². The van der Waals surface area contributed by atoms with Crippen molar-refractivity contribution in [2.24, 2.45) is 0 Å². The molecule has 0 saturated heterocycles. The number of rotatable bonds is 9. The summed E-state index contributed by atoms with van der Waals surface area (Å²) in [5, 5.41) is 3.14. The molecule has 3 heterocycles. The summed E-state index contributed by atoms with van der Waals surface area (Å²) in [7, 11) is 1.93. The van der Waals surface area contributed by atoms with Crippen LogP contribution in [0.5, 0.6) is 0 Å². The summed E-state index contributed by atoms with van der Waals surface area (Å²) in [5.74, 6) is 0.825. The van der Waals surface area contributed by atoms with Gasteiger partial charge in [0.05, 0.1) is 17.6 Å². The number of aryl methyl sites for hydroxylation is 1. The number of nitrogens with two attached hydrogens (primary N) is 1. The van der Waals surface area contributed by atoms with Crippen LogP contribution in [-0.4, -0.2) is 43.9 Å². The van der Waals surface area contributed by atoms with Gasteiger partial charge in [-0.15, -0.1) is 0 Å². The molecule has 0 atom stereocenters. The molecule has 0 amide bonds. The molecule has 0 aliphatic heterocycles. The minimum Gasteiger partial charge on any atom is -0.382 e. The summed E-state index contributed by atoms with van der Waals surface area (Å²) >= 11 is 0. The van der Waals surface area contributed by atoms with Crippen LogP contribution >= 0.6 is 0 Å². The zero-order valence-corrected chi connectivity index (χ0v) is 18.8. The lowest BCUT2D eigenvalue weighted by molar-refractivity contribution is 0.0989. The third kappa shape index (κ3) is 4.96. The molecule has 3 aromatic heterocycles. The molecule has 8 nitrogen and oxygen atoms in total. The van der Waals surface area contributed by atoms with Crippen LogP contribution in [-0.2, 0) is 19.3 Å². The van der Waals surface area contributed by atoms with Crippen LogP contribution in [0, 0.1) is 0 Å². The Hall–Kier alpha value is -3.91. The molecule has 0 fully saturated rings. The topological polar surface area (TPSA) is 112 Å². The van der Waals surface area contributed by atoms with E-state index in [4.69, 9.17) is 5.73 Å². The van der Waals surface area contributed by atoms with Gasteiger partial charge >= 0.3 is 0 Å². The average Bonchev–Trinajstić information content (AvgIpc) is 3.32. The summed E-state index contributed by atoms with van der Waals surface area (Å²) in [6.45, 7) is 2.95. The van der Waals surface area contributed by atoms with Crippen molar-refractivity contribution in [2.45, 2.75) is 26.2 Å². The number of nitrogens with one attached hydrogen (secondary N) is 1. The van der Waals surface area contributed by atoms with E-state index in [9.17, 15) is 4.79 Å². The van der Waals surface area contributed by atoms with Crippen molar-refractivity contribution < 1.29 is 4.79 Å². The van der Waals surface area contributed by atoms with Crippen molar-refractivity contribution in [2.75, 3.05) is 19.3 Å². The Morgan fingerprint density at radius 2 is 1.91 bits per heavy atom. The number of anilines is 1. The first-order chi connectivity index (χ1) is 16.1. The Morgan fingerprint density at radius 1 is 1.09 bits per heavy atom. The van der Waals surface area contributed by atoms with Crippen LogP contribution in [0.1, 0.15) is 34.4 Å². The second-order valence-corrected chi connectivity index (χ2v) is 7.71. The second kappa shape index (κ2) is 10.1. The van der Waals surface area contributed by atoms with E-state index >= 15 is 0 Å². The fourth-order valence-corrected chi connectivity index (χ4v) is 3.72. The van der Waals surface area contributed by atoms with Gasteiger partial charge in [0, 0.05) is 48.8 Å². The van der Waals surface area contributed by atoms with E-state index in [-0.39, 0.29) is 23.7 Å². The number of ketones is 1. The van der Waals surface area contributed by atoms with E-state index in [1.807, 2.05) is 42.9 Å². The van der Waals surface area contributed by atoms with Gasteiger partial charge in [0.1, 0.15) is 11.5 Å². The van der Waals surface area contributed by atoms with Crippen molar-refractivity contribution in [3.63, 3.8) is 0 Å². The third-order valence-electron chi connectivity index (χ3n) is 5.50. The molecule has 0 aliphatic carbocycles. The largest absolute Gasteiger partial charge is 0.382 e. The van der Waals surface area contributed by atoms with E-state index < -0.39 is 0 Å². The van der Waals surface area contributed by atoms with Crippen molar-refractivity contribution in [3.05, 3.63) is 84.0 Å². The molecule has 0 spiro atoms. The summed E-state index contributed by atoms with van der Waals surface area (Å²) in [6, 6.07) is 9.98. The highest BCUT2D eigenvalue weighted by Gasteiger charge is 2.18. The number of Topliss-reactive ketones (excluding diaryl/α,β-unsaturated/α-hetero) is 1. The lowest BCUT2D eigenvalue weighted by atomic mass is 10.1. The van der Waals surface area contributed by atoms with Gasteiger partial charge in [-0.25, -0.2) is 15.0 Å². The maximum Gasteiger partial charge on any atom is 0.189 e. The average molecular weight is 442 g/mol. The van der Waals surface area contributed by atoms with Gasteiger partial charge in [-0.3, -0.25) is 9.78 Å². The molecule has 8 heteroatoms. The predicted octanol–water partition coefficient (Wildman–Crippen LogP) is 3.06. The van der Waals surface area contributed by atoms with Gasteiger partial charge in [-0.2, -0.15) is 0 Å². The van der Waals surface area contributed by atoms with Gasteiger partial charge in [-0.1, -0.05) is 31.2 Å². The molecule has 0 aliphatic rings. The summed E-state index contributed by atoms with van der Waals surface area (Å²) in [4.78, 5) is 30.6. The van der Waals surface area contributed by atoms with Crippen LogP contribution < -0.4 is 11.1 Å². The standard InChI is InChI=1S/C25H27N7O/c1-3-23-29-12-13-32(23)21-9-11-28-15-19(21)14-22(33)24-25(26)30-16-20(31-24)18-6-4-17(5-7-18)8-10-27-2/h4-7,9,11-13,15-16,27H,3,8,10,14H2,1-2H3,(H2,26,30). The second-order valence-electron chi connectivity index (χ2n) is 7.71. The Labute approximate surface area is 193 Å². The van der Waals surface area contributed by atoms with Gasteiger partial charge < -0.3 is 15.6 Å². The molecule has 33 heavy (non-hydrogen) atoms.